The van der Waals surface area contributed by atoms with Gasteiger partial charge in [-0.15, -0.1) is 25.3 Å². The number of aromatic nitrogens is 3. The Balaban J connectivity index is 4.22. The second-order valence-electron chi connectivity index (χ2n) is 6.64. The predicted molar refractivity (Wildman–Crippen MR) is 155 cm³/mol. The van der Waals surface area contributed by atoms with Gasteiger partial charge in [-0.3, -0.25) is 0 Å². The van der Waals surface area contributed by atoms with E-state index in [4.69, 9.17) is 0 Å². The molecule has 1 heterocycles. The fourth-order valence-electron chi connectivity index (χ4n) is 2.50. The highest BCUT2D eigenvalue weighted by molar-refractivity contribution is 7.85. The van der Waals surface area contributed by atoms with Crippen LogP contribution in [0.15, 0.2) is 127 Å². The third-order valence-electron chi connectivity index (χ3n) is 4.28. The average Bonchev–Trinajstić information content (AvgIpc) is 2.84. The van der Waals surface area contributed by atoms with E-state index < -0.39 is 5.76 Å². The lowest BCUT2D eigenvalue weighted by Crippen LogP contribution is -2.08. The van der Waals surface area contributed by atoms with Crippen molar-refractivity contribution in [2.75, 3.05) is 0 Å². The summed E-state index contributed by atoms with van der Waals surface area (Å²) in [4.78, 5) is 13.8. The lowest BCUT2D eigenvalue weighted by atomic mass is 10.1. The Morgan fingerprint density at radius 2 is 0.806 bits per heavy atom. The number of allylic oxidation sites excluding steroid dienone is 12. The maximum absolute atomic E-state index is 10.6. The number of rotatable bonds is 12. The van der Waals surface area contributed by atoms with Crippen LogP contribution in [0.1, 0.15) is 17.5 Å². The largest absolute Gasteiger partial charge is 0.508 e. The number of thiol groups is 2. The molecular formula is C27H27N3O4S2. The van der Waals surface area contributed by atoms with Crippen LogP contribution in [-0.4, -0.2) is 35.4 Å². The molecule has 4 N–H and O–H groups in total. The van der Waals surface area contributed by atoms with Crippen molar-refractivity contribution >= 4 is 42.0 Å². The Hall–Kier alpha value is -4.21. The van der Waals surface area contributed by atoms with E-state index in [2.05, 4.69) is 79.7 Å². The summed E-state index contributed by atoms with van der Waals surface area (Å²) in [5.41, 5.74) is 0.658. The topological polar surface area (TPSA) is 120 Å². The highest BCUT2D eigenvalue weighted by Gasteiger charge is 2.18. The molecular weight excluding hydrogens is 494 g/mol. The van der Waals surface area contributed by atoms with Crippen molar-refractivity contribution in [1.29, 1.82) is 0 Å². The van der Waals surface area contributed by atoms with Gasteiger partial charge in [-0.2, -0.15) is 0 Å². The predicted octanol–water partition coefficient (Wildman–Crippen LogP) is 6.86. The van der Waals surface area contributed by atoms with Crippen LogP contribution in [0.25, 0.3) is 16.7 Å². The first-order valence-electron chi connectivity index (χ1n) is 10.1. The Bertz CT molecular complexity index is 1130. The summed E-state index contributed by atoms with van der Waals surface area (Å²) in [5, 5.41) is 40.1. The van der Waals surface area contributed by atoms with Crippen LogP contribution in [0.2, 0.25) is 0 Å². The number of aliphatic hydroxyl groups is 4. The second-order valence-corrected chi connectivity index (χ2v) is 7.60. The van der Waals surface area contributed by atoms with Crippen LogP contribution < -0.4 is 0 Å². The zero-order valence-corrected chi connectivity index (χ0v) is 21.3. The molecule has 0 aliphatic rings. The van der Waals surface area contributed by atoms with Crippen LogP contribution in [0.5, 0.6) is 0 Å². The molecule has 7 nitrogen and oxygen atoms in total. The molecule has 0 aliphatic carbocycles. The number of aliphatic hydroxyl groups excluding tert-OH is 4. The van der Waals surface area contributed by atoms with E-state index in [1.807, 2.05) is 0 Å². The van der Waals surface area contributed by atoms with Gasteiger partial charge < -0.3 is 20.4 Å². The maximum atomic E-state index is 10.6. The van der Waals surface area contributed by atoms with E-state index >= 15 is 0 Å². The van der Waals surface area contributed by atoms with Crippen LogP contribution >= 0.6 is 25.3 Å². The molecule has 0 amide bonds. The number of nitrogens with zero attached hydrogens (tertiary/aromatic N) is 3. The molecule has 1 rings (SSSR count). The van der Waals surface area contributed by atoms with Crippen LogP contribution in [0.3, 0.4) is 0 Å². The molecule has 36 heavy (non-hydrogen) atoms. The minimum atomic E-state index is -0.399. The summed E-state index contributed by atoms with van der Waals surface area (Å²) >= 11 is 8.82. The van der Waals surface area contributed by atoms with Crippen molar-refractivity contribution in [2.24, 2.45) is 0 Å². The highest BCUT2D eigenvalue weighted by Crippen LogP contribution is 2.28. The van der Waals surface area contributed by atoms with Gasteiger partial charge >= 0.3 is 0 Å². The molecule has 0 bridgehead atoms. The molecule has 0 fully saturated rings. The first-order chi connectivity index (χ1) is 17.1. The van der Waals surface area contributed by atoms with Crippen molar-refractivity contribution in [3.63, 3.8) is 0 Å². The van der Waals surface area contributed by atoms with Gasteiger partial charge in [0.25, 0.3) is 0 Å². The first-order valence-corrected chi connectivity index (χ1v) is 11.0. The van der Waals surface area contributed by atoms with Gasteiger partial charge in [0.2, 0.25) is 0 Å². The Labute approximate surface area is 221 Å². The average molecular weight is 522 g/mol. The number of hydrogen-bond acceptors (Lipinski definition) is 9. The van der Waals surface area contributed by atoms with Gasteiger partial charge in [-0.05, 0) is 30.4 Å². The molecule has 0 saturated heterocycles. The lowest BCUT2D eigenvalue weighted by molar-refractivity contribution is 0.406. The summed E-state index contributed by atoms with van der Waals surface area (Å²) in [6, 6.07) is 0. The van der Waals surface area contributed by atoms with Crippen molar-refractivity contribution < 1.29 is 20.4 Å². The summed E-state index contributed by atoms with van der Waals surface area (Å²) in [6.07, 6.45) is 11.4. The van der Waals surface area contributed by atoms with Gasteiger partial charge in [0.05, 0.1) is 5.57 Å². The smallest absolute Gasteiger partial charge is 0.167 e. The van der Waals surface area contributed by atoms with Crippen molar-refractivity contribution in [1.82, 2.24) is 15.0 Å². The zero-order chi connectivity index (χ0) is 27.4. The third kappa shape index (κ3) is 7.93. The van der Waals surface area contributed by atoms with Crippen molar-refractivity contribution in [3.05, 3.63) is 144 Å². The van der Waals surface area contributed by atoms with Crippen molar-refractivity contribution in [3.8, 4) is 0 Å². The highest BCUT2D eigenvalue weighted by atomic mass is 32.1. The van der Waals surface area contributed by atoms with Gasteiger partial charge in [0, 0.05) is 27.0 Å². The molecule has 1 aromatic heterocycles. The third-order valence-corrected chi connectivity index (χ3v) is 5.02. The Morgan fingerprint density at radius 3 is 1.11 bits per heavy atom. The maximum Gasteiger partial charge on any atom is 0.167 e. The number of hydrogen-bond donors (Lipinski definition) is 6. The Morgan fingerprint density at radius 1 is 0.500 bits per heavy atom. The van der Waals surface area contributed by atoms with E-state index in [0.717, 1.165) is 12.2 Å². The van der Waals surface area contributed by atoms with Crippen LogP contribution in [-0.2, 0) is 0 Å². The quantitative estimate of drug-likeness (QED) is 0.101. The lowest BCUT2D eigenvalue weighted by Gasteiger charge is -2.12. The van der Waals surface area contributed by atoms with Crippen LogP contribution in [0, 0.1) is 0 Å². The minimum Gasteiger partial charge on any atom is -0.508 e. The van der Waals surface area contributed by atoms with Gasteiger partial charge in [-0.25, -0.2) is 15.0 Å². The van der Waals surface area contributed by atoms with E-state index in [1.54, 1.807) is 0 Å². The molecule has 0 aliphatic heterocycles. The van der Waals surface area contributed by atoms with E-state index in [9.17, 15) is 20.4 Å². The van der Waals surface area contributed by atoms with Gasteiger partial charge in [-0.1, -0.05) is 57.7 Å². The molecule has 0 saturated carbocycles. The van der Waals surface area contributed by atoms with Gasteiger partial charge in [0.15, 0.2) is 17.5 Å². The molecule has 9 heteroatoms. The molecule has 0 aromatic carbocycles. The second kappa shape index (κ2) is 14.2. The molecule has 0 unspecified atom stereocenters. The fraction of sp³-hybridized carbons (Fsp3) is 0. The standard InChI is InChI=1S/C27H27N3O4S2/c1-7-16(31)13-22(34)19(10-4)25-28-26(20(11-5)23(35)14-17(32)8-2)30-27(29-25)21(12-6)24(36)15-18(33)9-3/h7-15,31-36H,1-6H2/b16-13+,17-14+,18-15+,22-19-,23-20-,24-21-. The first kappa shape index (κ1) is 29.8. The van der Waals surface area contributed by atoms with Crippen LogP contribution in [0.4, 0.5) is 0 Å². The minimum absolute atomic E-state index is 0.0366. The molecule has 0 radical (unpaired) electrons. The molecule has 186 valence electrons. The Kier molecular flexibility index (Phi) is 11.8. The summed E-state index contributed by atoms with van der Waals surface area (Å²) in [5.74, 6) is -0.927. The van der Waals surface area contributed by atoms with E-state index in [0.29, 0.717) is 11.1 Å². The van der Waals surface area contributed by atoms with E-state index in [1.165, 1.54) is 42.5 Å². The van der Waals surface area contributed by atoms with Gasteiger partial charge in [0.1, 0.15) is 23.0 Å². The molecule has 0 spiro atoms. The summed E-state index contributed by atoms with van der Waals surface area (Å²) in [7, 11) is 0. The molecule has 0 atom stereocenters. The van der Waals surface area contributed by atoms with E-state index in [-0.39, 0.29) is 50.1 Å². The normalized spacial score (nSPS) is 14.6. The zero-order valence-electron chi connectivity index (χ0n) is 19.5. The SMILES string of the molecule is C=C/C(=C(O)\C=C(\O)C=C)c1nc(/C(C=C)=C(S)/C=C(/O)C=C)nc(/C(C=C)=C(S)/C=C(/O)C=C)n1. The summed E-state index contributed by atoms with van der Waals surface area (Å²) in [6.45, 7) is 21.7. The molecule has 1 aromatic rings. The monoisotopic (exact) mass is 521 g/mol. The summed E-state index contributed by atoms with van der Waals surface area (Å²) < 4.78 is 0. The van der Waals surface area contributed by atoms with Crippen molar-refractivity contribution in [2.45, 2.75) is 0 Å². The fourth-order valence-corrected chi connectivity index (χ4v) is 3.15.